The van der Waals surface area contributed by atoms with Crippen LogP contribution in [0.3, 0.4) is 0 Å². The van der Waals surface area contributed by atoms with Gasteiger partial charge in [-0.05, 0) is 17.7 Å². The van der Waals surface area contributed by atoms with Crippen LogP contribution >= 0.6 is 0 Å². The fraction of sp³-hybridized carbons (Fsp3) is 0.231. The monoisotopic (exact) mass is 216 g/mol. The number of nitrogens with two attached hydrogens (primary N) is 1. The SMILES string of the molecule is COc1ccccc1C(CN)c1cc[nH]c1. The van der Waals surface area contributed by atoms with Gasteiger partial charge >= 0.3 is 0 Å². The molecule has 0 saturated carbocycles. The summed E-state index contributed by atoms with van der Waals surface area (Å²) in [6.45, 7) is 0.568. The first-order chi connectivity index (χ1) is 7.86. The lowest BCUT2D eigenvalue weighted by Gasteiger charge is -2.17. The second kappa shape index (κ2) is 4.86. The fourth-order valence-electron chi connectivity index (χ4n) is 1.95. The number of methoxy groups -OCH3 is 1. The highest BCUT2D eigenvalue weighted by Crippen LogP contribution is 2.30. The van der Waals surface area contributed by atoms with Gasteiger partial charge in [0.2, 0.25) is 0 Å². The number of hydrogen-bond acceptors (Lipinski definition) is 2. The lowest BCUT2D eigenvalue weighted by molar-refractivity contribution is 0.407. The summed E-state index contributed by atoms with van der Waals surface area (Å²) in [5.41, 5.74) is 8.17. The highest BCUT2D eigenvalue weighted by molar-refractivity contribution is 5.41. The predicted molar refractivity (Wildman–Crippen MR) is 64.7 cm³/mol. The van der Waals surface area contributed by atoms with Crippen molar-refractivity contribution in [2.75, 3.05) is 13.7 Å². The zero-order chi connectivity index (χ0) is 11.4. The number of ether oxygens (including phenoxy) is 1. The molecule has 84 valence electrons. The molecule has 1 aromatic heterocycles. The largest absolute Gasteiger partial charge is 0.496 e. The van der Waals surface area contributed by atoms with E-state index in [0.717, 1.165) is 11.3 Å². The van der Waals surface area contributed by atoms with Crippen LogP contribution < -0.4 is 10.5 Å². The van der Waals surface area contributed by atoms with Gasteiger partial charge in [0.25, 0.3) is 0 Å². The van der Waals surface area contributed by atoms with Gasteiger partial charge in [-0.2, -0.15) is 0 Å². The minimum Gasteiger partial charge on any atom is -0.496 e. The van der Waals surface area contributed by atoms with Gasteiger partial charge in [0, 0.05) is 30.4 Å². The standard InChI is InChI=1S/C13H16N2O/c1-16-13-5-3-2-4-11(13)12(8-14)10-6-7-15-9-10/h2-7,9,12,15H,8,14H2,1H3. The Kier molecular flexibility index (Phi) is 3.27. The molecule has 0 radical (unpaired) electrons. The molecule has 0 fully saturated rings. The van der Waals surface area contributed by atoms with Crippen LogP contribution in [0.2, 0.25) is 0 Å². The van der Waals surface area contributed by atoms with E-state index >= 15 is 0 Å². The van der Waals surface area contributed by atoms with Gasteiger partial charge in [0.15, 0.2) is 0 Å². The van der Waals surface area contributed by atoms with E-state index in [1.165, 1.54) is 5.56 Å². The molecular formula is C13H16N2O. The van der Waals surface area contributed by atoms with E-state index in [9.17, 15) is 0 Å². The van der Waals surface area contributed by atoms with Crippen molar-refractivity contribution in [1.82, 2.24) is 4.98 Å². The van der Waals surface area contributed by atoms with Crippen LogP contribution in [0, 0.1) is 0 Å². The molecule has 1 atom stereocenters. The molecule has 3 heteroatoms. The van der Waals surface area contributed by atoms with Crippen LogP contribution in [0.15, 0.2) is 42.7 Å². The van der Waals surface area contributed by atoms with Crippen molar-refractivity contribution in [3.8, 4) is 5.75 Å². The van der Waals surface area contributed by atoms with Gasteiger partial charge in [-0.15, -0.1) is 0 Å². The first kappa shape index (κ1) is 10.8. The third kappa shape index (κ3) is 1.95. The molecule has 1 unspecified atom stereocenters. The van der Waals surface area contributed by atoms with Gasteiger partial charge in [-0.1, -0.05) is 18.2 Å². The number of H-pyrrole nitrogens is 1. The number of hydrogen-bond donors (Lipinski definition) is 2. The molecule has 0 aliphatic rings. The summed E-state index contributed by atoms with van der Waals surface area (Å²) in [6.07, 6.45) is 3.89. The van der Waals surface area contributed by atoms with Crippen molar-refractivity contribution in [2.45, 2.75) is 5.92 Å². The average molecular weight is 216 g/mol. The Hall–Kier alpha value is -1.74. The summed E-state index contributed by atoms with van der Waals surface area (Å²) < 4.78 is 5.36. The van der Waals surface area contributed by atoms with Crippen LogP contribution in [0.25, 0.3) is 0 Å². The number of rotatable bonds is 4. The maximum absolute atomic E-state index is 5.85. The van der Waals surface area contributed by atoms with Gasteiger partial charge in [0.1, 0.15) is 5.75 Å². The van der Waals surface area contributed by atoms with Crippen LogP contribution in [0.4, 0.5) is 0 Å². The molecule has 3 nitrogen and oxygen atoms in total. The molecular weight excluding hydrogens is 200 g/mol. The third-order valence-electron chi connectivity index (χ3n) is 2.77. The number of nitrogens with one attached hydrogen (secondary N) is 1. The zero-order valence-corrected chi connectivity index (χ0v) is 9.31. The number of aromatic nitrogens is 1. The Labute approximate surface area is 95.2 Å². The molecule has 0 bridgehead atoms. The molecule has 1 aromatic carbocycles. The van der Waals surface area contributed by atoms with Gasteiger partial charge in [-0.3, -0.25) is 0 Å². The Bertz CT molecular complexity index is 437. The number of para-hydroxylation sites is 1. The minimum absolute atomic E-state index is 0.183. The van der Waals surface area contributed by atoms with Crippen molar-refractivity contribution >= 4 is 0 Å². The van der Waals surface area contributed by atoms with E-state index in [4.69, 9.17) is 10.5 Å². The molecule has 0 aliphatic carbocycles. The summed E-state index contributed by atoms with van der Waals surface area (Å²) in [4.78, 5) is 3.06. The fourth-order valence-corrected chi connectivity index (χ4v) is 1.95. The Morgan fingerprint density at radius 3 is 2.75 bits per heavy atom. The lowest BCUT2D eigenvalue weighted by atomic mass is 9.92. The molecule has 2 rings (SSSR count). The van der Waals surface area contributed by atoms with Gasteiger partial charge in [-0.25, -0.2) is 0 Å². The molecule has 0 spiro atoms. The van der Waals surface area contributed by atoms with E-state index < -0.39 is 0 Å². The molecule has 1 heterocycles. The summed E-state index contributed by atoms with van der Waals surface area (Å²) in [6, 6.07) is 10.0. The van der Waals surface area contributed by atoms with Crippen molar-refractivity contribution in [3.05, 3.63) is 53.9 Å². The molecule has 0 saturated heterocycles. The molecule has 16 heavy (non-hydrogen) atoms. The quantitative estimate of drug-likeness (QED) is 0.822. The first-order valence-corrected chi connectivity index (χ1v) is 5.32. The van der Waals surface area contributed by atoms with E-state index in [-0.39, 0.29) is 5.92 Å². The predicted octanol–water partition coefficient (Wildman–Crippen LogP) is 2.11. The maximum atomic E-state index is 5.85. The molecule has 0 aliphatic heterocycles. The number of aromatic amines is 1. The lowest BCUT2D eigenvalue weighted by Crippen LogP contribution is -2.14. The van der Waals surface area contributed by atoms with Gasteiger partial charge in [0.05, 0.1) is 7.11 Å². The topological polar surface area (TPSA) is 51.0 Å². The van der Waals surface area contributed by atoms with Crippen molar-refractivity contribution < 1.29 is 4.74 Å². The smallest absolute Gasteiger partial charge is 0.122 e. The van der Waals surface area contributed by atoms with Crippen LogP contribution in [-0.2, 0) is 0 Å². The van der Waals surface area contributed by atoms with Crippen LogP contribution in [0.1, 0.15) is 17.0 Å². The summed E-state index contributed by atoms with van der Waals surface area (Å²) in [5.74, 6) is 1.07. The second-order valence-corrected chi connectivity index (χ2v) is 3.67. The maximum Gasteiger partial charge on any atom is 0.122 e. The Morgan fingerprint density at radius 1 is 1.31 bits per heavy atom. The van der Waals surface area contributed by atoms with Crippen molar-refractivity contribution in [2.24, 2.45) is 5.73 Å². The van der Waals surface area contributed by atoms with E-state index in [0.29, 0.717) is 6.54 Å². The van der Waals surface area contributed by atoms with E-state index in [1.807, 2.05) is 36.7 Å². The third-order valence-corrected chi connectivity index (χ3v) is 2.77. The minimum atomic E-state index is 0.183. The Balaban J connectivity index is 2.41. The van der Waals surface area contributed by atoms with E-state index in [1.54, 1.807) is 7.11 Å². The van der Waals surface area contributed by atoms with Crippen molar-refractivity contribution in [1.29, 1.82) is 0 Å². The number of benzene rings is 1. The summed E-state index contributed by atoms with van der Waals surface area (Å²) in [7, 11) is 1.68. The van der Waals surface area contributed by atoms with Gasteiger partial charge < -0.3 is 15.5 Å². The molecule has 3 N–H and O–H groups in total. The van der Waals surface area contributed by atoms with Crippen LogP contribution in [-0.4, -0.2) is 18.6 Å². The summed E-state index contributed by atoms with van der Waals surface area (Å²) >= 11 is 0. The first-order valence-electron chi connectivity index (χ1n) is 5.32. The van der Waals surface area contributed by atoms with E-state index in [2.05, 4.69) is 11.1 Å². The normalized spacial score (nSPS) is 12.4. The molecule has 2 aromatic rings. The summed E-state index contributed by atoms with van der Waals surface area (Å²) in [5, 5.41) is 0. The highest BCUT2D eigenvalue weighted by Gasteiger charge is 2.16. The molecule has 0 amide bonds. The van der Waals surface area contributed by atoms with Crippen LogP contribution in [0.5, 0.6) is 5.75 Å². The average Bonchev–Trinajstić information content (AvgIpc) is 2.84. The second-order valence-electron chi connectivity index (χ2n) is 3.67. The highest BCUT2D eigenvalue weighted by atomic mass is 16.5. The zero-order valence-electron chi connectivity index (χ0n) is 9.31. The Morgan fingerprint density at radius 2 is 2.12 bits per heavy atom. The van der Waals surface area contributed by atoms with Crippen molar-refractivity contribution in [3.63, 3.8) is 0 Å².